The van der Waals surface area contributed by atoms with Crippen molar-refractivity contribution in [3.05, 3.63) is 57.3 Å². The molecule has 3 N–H and O–H groups in total. The van der Waals surface area contributed by atoms with E-state index in [1.807, 2.05) is 6.92 Å². The largest absolute Gasteiger partial charge is 0.394 e. The molecule has 122 valence electrons. The first-order chi connectivity index (χ1) is 11.0. The van der Waals surface area contributed by atoms with Gasteiger partial charge in [0.1, 0.15) is 0 Å². The molecule has 0 fully saturated rings. The molecule has 0 aliphatic heterocycles. The number of thiophene rings is 1. The molecule has 0 amide bonds. The van der Waals surface area contributed by atoms with Gasteiger partial charge in [0.25, 0.3) is 0 Å². The highest BCUT2D eigenvalue weighted by molar-refractivity contribution is 7.12. The molecule has 0 spiro atoms. The maximum absolute atomic E-state index is 9.20. The molecule has 0 bridgehead atoms. The molecule has 0 radical (unpaired) electrons. The molecular formula is C20H25NOS. The summed E-state index contributed by atoms with van der Waals surface area (Å²) in [5.41, 5.74) is 7.88. The predicted molar refractivity (Wildman–Crippen MR) is 98.7 cm³/mol. The van der Waals surface area contributed by atoms with Crippen LogP contribution in [0.5, 0.6) is 0 Å². The van der Waals surface area contributed by atoms with Crippen molar-refractivity contribution in [3.63, 3.8) is 0 Å². The highest BCUT2D eigenvalue weighted by Gasteiger charge is 2.16. The van der Waals surface area contributed by atoms with E-state index in [4.69, 9.17) is 5.73 Å². The summed E-state index contributed by atoms with van der Waals surface area (Å²) in [6.45, 7) is 4.08. The van der Waals surface area contributed by atoms with Crippen LogP contribution in [0.1, 0.15) is 47.6 Å². The Morgan fingerprint density at radius 2 is 1.83 bits per heavy atom. The van der Waals surface area contributed by atoms with Gasteiger partial charge in [-0.05, 0) is 56.0 Å². The smallest absolute Gasteiger partial charge is 0.0775 e. The molecule has 1 atom stereocenters. The molecule has 2 nitrogen and oxygen atoms in total. The summed E-state index contributed by atoms with van der Waals surface area (Å²) in [4.78, 5) is 2.33. The number of aliphatic hydroxyl groups excluding tert-OH is 1. The zero-order valence-electron chi connectivity index (χ0n) is 13.9. The van der Waals surface area contributed by atoms with Crippen LogP contribution in [0.4, 0.5) is 0 Å². The number of aliphatic hydroxyl groups is 1. The van der Waals surface area contributed by atoms with Crippen LogP contribution >= 0.6 is 11.3 Å². The molecule has 2 aromatic rings. The second-order valence-corrected chi connectivity index (χ2v) is 7.44. The molecule has 0 aliphatic carbocycles. The predicted octanol–water partition coefficient (Wildman–Crippen LogP) is 3.74. The number of aryl methyl sites for hydroxylation is 2. The Kier molecular flexibility index (Phi) is 6.41. The zero-order chi connectivity index (χ0) is 16.7. The van der Waals surface area contributed by atoms with Crippen LogP contribution in [-0.4, -0.2) is 17.3 Å². The van der Waals surface area contributed by atoms with Crippen LogP contribution in [-0.2, 0) is 12.8 Å². The Morgan fingerprint density at radius 1 is 1.09 bits per heavy atom. The SMILES string of the molecule is CCCc1ccc(C#Cc2ccc(CCC(C)(N)CO)s2)cc1. The van der Waals surface area contributed by atoms with Crippen LogP contribution in [0.2, 0.25) is 0 Å². The summed E-state index contributed by atoms with van der Waals surface area (Å²) in [7, 11) is 0. The van der Waals surface area contributed by atoms with Crippen molar-refractivity contribution >= 4 is 11.3 Å². The average Bonchev–Trinajstić information content (AvgIpc) is 3.01. The zero-order valence-corrected chi connectivity index (χ0v) is 14.7. The first kappa shape index (κ1) is 17.7. The number of hydrogen-bond donors (Lipinski definition) is 2. The quantitative estimate of drug-likeness (QED) is 0.794. The van der Waals surface area contributed by atoms with Gasteiger partial charge in [-0.3, -0.25) is 0 Å². The maximum atomic E-state index is 9.20. The first-order valence-corrected chi connectivity index (χ1v) is 8.93. The molecule has 1 aromatic heterocycles. The van der Waals surface area contributed by atoms with Crippen LogP contribution in [0, 0.1) is 11.8 Å². The van der Waals surface area contributed by atoms with E-state index in [1.165, 1.54) is 16.9 Å². The lowest BCUT2D eigenvalue weighted by Crippen LogP contribution is -2.40. The summed E-state index contributed by atoms with van der Waals surface area (Å²) in [5.74, 6) is 6.45. The van der Waals surface area contributed by atoms with Gasteiger partial charge >= 0.3 is 0 Å². The van der Waals surface area contributed by atoms with Gasteiger partial charge in [0.15, 0.2) is 0 Å². The molecule has 0 saturated carbocycles. The summed E-state index contributed by atoms with van der Waals surface area (Å²) in [6, 6.07) is 12.7. The van der Waals surface area contributed by atoms with Crippen LogP contribution in [0.15, 0.2) is 36.4 Å². The molecule has 1 heterocycles. The van der Waals surface area contributed by atoms with Crippen molar-refractivity contribution in [3.8, 4) is 11.8 Å². The fourth-order valence-electron chi connectivity index (χ4n) is 2.24. The van der Waals surface area contributed by atoms with E-state index in [1.54, 1.807) is 11.3 Å². The van der Waals surface area contributed by atoms with E-state index in [0.717, 1.165) is 29.7 Å². The Hall–Kier alpha value is -1.60. The van der Waals surface area contributed by atoms with Crippen molar-refractivity contribution in [2.45, 2.75) is 45.1 Å². The Balaban J connectivity index is 1.96. The van der Waals surface area contributed by atoms with Gasteiger partial charge in [-0.2, -0.15) is 0 Å². The molecule has 1 unspecified atom stereocenters. The van der Waals surface area contributed by atoms with E-state index in [0.29, 0.717) is 0 Å². The minimum atomic E-state index is -0.504. The second-order valence-electron chi connectivity index (χ2n) is 6.28. The highest BCUT2D eigenvalue weighted by Crippen LogP contribution is 2.20. The number of hydrogen-bond acceptors (Lipinski definition) is 3. The van der Waals surface area contributed by atoms with E-state index >= 15 is 0 Å². The number of rotatable bonds is 6. The third kappa shape index (κ3) is 5.84. The fourth-order valence-corrected chi connectivity index (χ4v) is 3.11. The second kappa shape index (κ2) is 8.31. The third-order valence-electron chi connectivity index (χ3n) is 3.79. The average molecular weight is 327 g/mol. The molecule has 0 aliphatic rings. The minimum Gasteiger partial charge on any atom is -0.394 e. The van der Waals surface area contributed by atoms with E-state index in [9.17, 15) is 5.11 Å². The lowest BCUT2D eigenvalue weighted by atomic mass is 9.98. The van der Waals surface area contributed by atoms with Crippen molar-refractivity contribution in [2.24, 2.45) is 5.73 Å². The van der Waals surface area contributed by atoms with Gasteiger partial charge in [0, 0.05) is 16.0 Å². The van der Waals surface area contributed by atoms with Gasteiger partial charge in [-0.15, -0.1) is 11.3 Å². The summed E-state index contributed by atoms with van der Waals surface area (Å²) < 4.78 is 0. The fraction of sp³-hybridized carbons (Fsp3) is 0.400. The van der Waals surface area contributed by atoms with Crippen LogP contribution < -0.4 is 5.73 Å². The summed E-state index contributed by atoms with van der Waals surface area (Å²) in [5, 5.41) is 9.20. The molecule has 23 heavy (non-hydrogen) atoms. The van der Waals surface area contributed by atoms with Gasteiger partial charge in [0.2, 0.25) is 0 Å². The summed E-state index contributed by atoms with van der Waals surface area (Å²) >= 11 is 1.70. The van der Waals surface area contributed by atoms with Gasteiger partial charge in [0.05, 0.1) is 11.5 Å². The minimum absolute atomic E-state index is 0.0130. The Morgan fingerprint density at radius 3 is 2.48 bits per heavy atom. The molecular weight excluding hydrogens is 302 g/mol. The van der Waals surface area contributed by atoms with E-state index in [-0.39, 0.29) is 6.61 Å². The normalized spacial score (nSPS) is 13.2. The topological polar surface area (TPSA) is 46.2 Å². The molecule has 3 heteroatoms. The van der Waals surface area contributed by atoms with E-state index < -0.39 is 5.54 Å². The van der Waals surface area contributed by atoms with Crippen molar-refractivity contribution in [1.29, 1.82) is 0 Å². The lowest BCUT2D eigenvalue weighted by molar-refractivity contribution is 0.201. The lowest BCUT2D eigenvalue weighted by Gasteiger charge is -2.20. The van der Waals surface area contributed by atoms with Gasteiger partial charge in [-0.25, -0.2) is 0 Å². The molecule has 0 saturated heterocycles. The van der Waals surface area contributed by atoms with Crippen LogP contribution in [0.3, 0.4) is 0 Å². The Labute approximate surface area is 143 Å². The van der Waals surface area contributed by atoms with E-state index in [2.05, 4.69) is 55.2 Å². The standard InChI is InChI=1S/C20H25NOS/c1-3-4-16-5-7-17(8-6-16)9-10-18-11-12-19(23-18)13-14-20(2,21)15-22/h5-8,11-12,22H,3-4,13-15,21H2,1-2H3. The highest BCUT2D eigenvalue weighted by atomic mass is 32.1. The number of nitrogens with two attached hydrogens (primary N) is 1. The molecule has 1 aromatic carbocycles. The van der Waals surface area contributed by atoms with Gasteiger partial charge < -0.3 is 10.8 Å². The van der Waals surface area contributed by atoms with Crippen molar-refractivity contribution < 1.29 is 5.11 Å². The van der Waals surface area contributed by atoms with Gasteiger partial charge in [-0.1, -0.05) is 37.3 Å². The number of benzene rings is 1. The first-order valence-electron chi connectivity index (χ1n) is 8.12. The molecule has 2 rings (SSSR count). The van der Waals surface area contributed by atoms with Crippen LogP contribution in [0.25, 0.3) is 0 Å². The third-order valence-corrected chi connectivity index (χ3v) is 4.85. The monoisotopic (exact) mass is 327 g/mol. The Bertz CT molecular complexity index is 674. The maximum Gasteiger partial charge on any atom is 0.0775 e. The summed E-state index contributed by atoms with van der Waals surface area (Å²) in [6.07, 6.45) is 3.94. The van der Waals surface area contributed by atoms with Crippen molar-refractivity contribution in [1.82, 2.24) is 0 Å². The van der Waals surface area contributed by atoms with Crippen molar-refractivity contribution in [2.75, 3.05) is 6.61 Å².